The summed E-state index contributed by atoms with van der Waals surface area (Å²) in [5, 5.41) is 8.13. The summed E-state index contributed by atoms with van der Waals surface area (Å²) >= 11 is 0. The predicted octanol–water partition coefficient (Wildman–Crippen LogP) is 3.05. The van der Waals surface area contributed by atoms with E-state index in [9.17, 15) is 0 Å². The summed E-state index contributed by atoms with van der Waals surface area (Å²) in [5.74, 6) is 2.67. The fraction of sp³-hybridized carbons (Fsp3) is 0.526. The van der Waals surface area contributed by atoms with E-state index in [1.807, 2.05) is 44.9 Å². The highest BCUT2D eigenvalue weighted by atomic mass is 16.5. The Hall–Kier alpha value is -2.21. The second kappa shape index (κ2) is 8.25. The van der Waals surface area contributed by atoms with Crippen molar-refractivity contribution in [2.75, 3.05) is 32.7 Å². The lowest BCUT2D eigenvalue weighted by atomic mass is 10.1. The molecule has 0 spiro atoms. The van der Waals surface area contributed by atoms with Crippen LogP contribution < -0.4 is 19.7 Å². The van der Waals surface area contributed by atoms with E-state index in [1.54, 1.807) is 7.11 Å². The molecule has 1 aromatic carbocycles. The van der Waals surface area contributed by atoms with Crippen LogP contribution in [0.1, 0.15) is 36.7 Å². The van der Waals surface area contributed by atoms with Gasteiger partial charge in [-0.25, -0.2) is 0 Å². The molecular formula is C19H30N4O2. The van der Waals surface area contributed by atoms with Gasteiger partial charge in [-0.05, 0) is 38.5 Å². The number of nitrogens with zero attached hydrogens (tertiary/aromatic N) is 3. The van der Waals surface area contributed by atoms with Gasteiger partial charge in [0.1, 0.15) is 5.82 Å². The number of nitrogens with one attached hydrogen (secondary N) is 1. The molecule has 2 aromatic rings. The Kier molecular flexibility index (Phi) is 6.31. The highest BCUT2D eigenvalue weighted by Crippen LogP contribution is 2.30. The summed E-state index contributed by atoms with van der Waals surface area (Å²) in [7, 11) is 7.73. The van der Waals surface area contributed by atoms with Crippen molar-refractivity contribution >= 4 is 5.82 Å². The largest absolute Gasteiger partial charge is 0.493 e. The van der Waals surface area contributed by atoms with Crippen LogP contribution in [0.4, 0.5) is 5.82 Å². The van der Waals surface area contributed by atoms with Crippen molar-refractivity contribution in [3.8, 4) is 11.5 Å². The first kappa shape index (κ1) is 19.1. The number of aromatic nitrogens is 2. The monoisotopic (exact) mass is 346 g/mol. The lowest BCUT2D eigenvalue weighted by Gasteiger charge is -2.19. The minimum Gasteiger partial charge on any atom is -0.493 e. The molecule has 0 amide bonds. The molecule has 0 aliphatic carbocycles. The molecule has 0 fully saturated rings. The lowest BCUT2D eigenvalue weighted by Crippen LogP contribution is -2.21. The SMILES string of the molecule is CCOc1ccc([C@@H](C)NCc2c(C)nn(C)c2N(C)C)cc1OC. The molecule has 0 bridgehead atoms. The van der Waals surface area contributed by atoms with Gasteiger partial charge in [-0.3, -0.25) is 4.68 Å². The number of benzene rings is 1. The number of methoxy groups -OCH3 is 1. The van der Waals surface area contributed by atoms with Crippen LogP contribution in [0.3, 0.4) is 0 Å². The van der Waals surface area contributed by atoms with Gasteiger partial charge < -0.3 is 19.7 Å². The Morgan fingerprint density at radius 2 is 2.00 bits per heavy atom. The number of hydrogen-bond acceptors (Lipinski definition) is 5. The first-order valence-electron chi connectivity index (χ1n) is 8.62. The van der Waals surface area contributed by atoms with E-state index in [1.165, 1.54) is 5.56 Å². The standard InChI is InChI=1S/C19H30N4O2/c1-8-25-17-10-9-15(11-18(17)24-7)13(2)20-12-16-14(3)21-23(6)19(16)22(4)5/h9-11,13,20H,8,12H2,1-7H3/t13-/m1/s1. The zero-order valence-electron chi connectivity index (χ0n) is 16.4. The van der Waals surface area contributed by atoms with Gasteiger partial charge in [-0.1, -0.05) is 6.07 Å². The van der Waals surface area contributed by atoms with E-state index in [4.69, 9.17) is 9.47 Å². The fourth-order valence-corrected chi connectivity index (χ4v) is 3.06. The maximum atomic E-state index is 5.59. The number of aryl methyl sites for hydroxylation is 2. The van der Waals surface area contributed by atoms with Gasteiger partial charge in [0.2, 0.25) is 0 Å². The summed E-state index contributed by atoms with van der Waals surface area (Å²) in [6.45, 7) is 7.54. The van der Waals surface area contributed by atoms with Gasteiger partial charge in [-0.2, -0.15) is 5.10 Å². The Morgan fingerprint density at radius 1 is 1.28 bits per heavy atom. The Labute approximate surface area is 150 Å². The van der Waals surface area contributed by atoms with Crippen molar-refractivity contribution in [3.05, 3.63) is 35.0 Å². The van der Waals surface area contributed by atoms with Crippen LogP contribution in [0.15, 0.2) is 18.2 Å². The van der Waals surface area contributed by atoms with E-state index >= 15 is 0 Å². The van der Waals surface area contributed by atoms with Gasteiger partial charge in [-0.15, -0.1) is 0 Å². The molecule has 0 unspecified atom stereocenters. The summed E-state index contributed by atoms with van der Waals surface area (Å²) < 4.78 is 13.0. The van der Waals surface area contributed by atoms with Crippen molar-refractivity contribution in [1.29, 1.82) is 0 Å². The van der Waals surface area contributed by atoms with Crippen molar-refractivity contribution in [2.24, 2.45) is 7.05 Å². The first-order chi connectivity index (χ1) is 11.9. The zero-order chi connectivity index (χ0) is 18.6. The summed E-state index contributed by atoms with van der Waals surface area (Å²) in [4.78, 5) is 2.10. The molecule has 6 nitrogen and oxygen atoms in total. The fourth-order valence-electron chi connectivity index (χ4n) is 3.06. The minimum absolute atomic E-state index is 0.180. The highest BCUT2D eigenvalue weighted by molar-refractivity contribution is 5.49. The van der Waals surface area contributed by atoms with Crippen molar-refractivity contribution in [2.45, 2.75) is 33.4 Å². The normalized spacial score (nSPS) is 12.1. The second-order valence-electron chi connectivity index (χ2n) is 6.35. The molecule has 2 rings (SSSR count). The molecule has 6 heteroatoms. The quantitative estimate of drug-likeness (QED) is 0.796. The van der Waals surface area contributed by atoms with Crippen LogP contribution >= 0.6 is 0 Å². The van der Waals surface area contributed by atoms with E-state index in [0.717, 1.165) is 35.1 Å². The van der Waals surface area contributed by atoms with E-state index in [2.05, 4.69) is 35.2 Å². The smallest absolute Gasteiger partial charge is 0.161 e. The molecule has 25 heavy (non-hydrogen) atoms. The third-order valence-electron chi connectivity index (χ3n) is 4.31. The molecule has 1 heterocycles. The van der Waals surface area contributed by atoms with Crippen LogP contribution in [0.2, 0.25) is 0 Å². The van der Waals surface area contributed by atoms with Gasteiger partial charge in [0.15, 0.2) is 11.5 Å². The third-order valence-corrected chi connectivity index (χ3v) is 4.31. The minimum atomic E-state index is 0.180. The van der Waals surface area contributed by atoms with Gasteiger partial charge in [0, 0.05) is 39.3 Å². The molecule has 138 valence electrons. The van der Waals surface area contributed by atoms with Crippen LogP contribution in [-0.2, 0) is 13.6 Å². The first-order valence-corrected chi connectivity index (χ1v) is 8.62. The summed E-state index contributed by atoms with van der Waals surface area (Å²) in [6, 6.07) is 6.26. The topological polar surface area (TPSA) is 51.5 Å². The maximum Gasteiger partial charge on any atom is 0.161 e. The summed E-state index contributed by atoms with van der Waals surface area (Å²) in [5.41, 5.74) is 3.43. The Balaban J connectivity index is 2.14. The van der Waals surface area contributed by atoms with Crippen LogP contribution in [0.5, 0.6) is 11.5 Å². The number of hydrogen-bond donors (Lipinski definition) is 1. The molecule has 0 aliphatic heterocycles. The van der Waals surface area contributed by atoms with Gasteiger partial charge in [0.25, 0.3) is 0 Å². The van der Waals surface area contributed by atoms with E-state index < -0.39 is 0 Å². The zero-order valence-corrected chi connectivity index (χ0v) is 16.4. The molecule has 0 saturated carbocycles. The lowest BCUT2D eigenvalue weighted by molar-refractivity contribution is 0.310. The highest BCUT2D eigenvalue weighted by Gasteiger charge is 2.16. The Morgan fingerprint density at radius 3 is 2.60 bits per heavy atom. The average molecular weight is 346 g/mol. The van der Waals surface area contributed by atoms with Crippen LogP contribution in [-0.4, -0.2) is 37.6 Å². The Bertz CT molecular complexity index is 710. The molecule has 1 atom stereocenters. The molecule has 1 aromatic heterocycles. The van der Waals surface area contributed by atoms with Crippen LogP contribution in [0, 0.1) is 6.92 Å². The number of anilines is 1. The van der Waals surface area contributed by atoms with Gasteiger partial charge in [0.05, 0.1) is 19.4 Å². The maximum absolute atomic E-state index is 5.59. The second-order valence-corrected chi connectivity index (χ2v) is 6.35. The van der Waals surface area contributed by atoms with E-state index in [-0.39, 0.29) is 6.04 Å². The van der Waals surface area contributed by atoms with E-state index in [0.29, 0.717) is 6.61 Å². The van der Waals surface area contributed by atoms with Crippen LogP contribution in [0.25, 0.3) is 0 Å². The number of ether oxygens (including phenoxy) is 2. The number of rotatable bonds is 8. The van der Waals surface area contributed by atoms with Crippen molar-refractivity contribution in [1.82, 2.24) is 15.1 Å². The molecular weight excluding hydrogens is 316 g/mol. The average Bonchev–Trinajstić information content (AvgIpc) is 2.86. The third kappa shape index (κ3) is 4.25. The predicted molar refractivity (Wildman–Crippen MR) is 102 cm³/mol. The molecule has 1 N–H and O–H groups in total. The molecule has 0 radical (unpaired) electrons. The summed E-state index contributed by atoms with van der Waals surface area (Å²) in [6.07, 6.45) is 0. The molecule has 0 aliphatic rings. The molecule has 0 saturated heterocycles. The van der Waals surface area contributed by atoms with Crippen molar-refractivity contribution in [3.63, 3.8) is 0 Å². The van der Waals surface area contributed by atoms with Gasteiger partial charge >= 0.3 is 0 Å². The van der Waals surface area contributed by atoms with Crippen molar-refractivity contribution < 1.29 is 9.47 Å².